The van der Waals surface area contributed by atoms with Gasteiger partial charge in [0.25, 0.3) is 0 Å². The molecule has 0 aliphatic carbocycles. The molecule has 0 bridgehead atoms. The molecule has 1 aromatic heterocycles. The summed E-state index contributed by atoms with van der Waals surface area (Å²) in [5.74, 6) is -0.305. The zero-order valence-electron chi connectivity index (χ0n) is 11.8. The number of hydrogen-bond acceptors (Lipinski definition) is 5. The van der Waals surface area contributed by atoms with E-state index in [1.807, 2.05) is 4.90 Å². The summed E-state index contributed by atoms with van der Waals surface area (Å²) in [7, 11) is 0. The van der Waals surface area contributed by atoms with E-state index < -0.39 is 5.97 Å². The van der Waals surface area contributed by atoms with Gasteiger partial charge in [-0.2, -0.15) is 0 Å². The minimum atomic E-state index is -0.995. The largest absolute Gasteiger partial charge is 0.478 e. The molecule has 0 atom stereocenters. The predicted octanol–water partition coefficient (Wildman–Crippen LogP) is 2.29. The number of carbonyl (C=O) groups excluding carboxylic acids is 1. The highest BCUT2D eigenvalue weighted by molar-refractivity contribution is 5.99. The molecule has 6 heteroatoms. The van der Waals surface area contributed by atoms with Crippen LogP contribution in [0.2, 0.25) is 0 Å². The molecule has 0 saturated carbocycles. The maximum absolute atomic E-state index is 11.6. The van der Waals surface area contributed by atoms with Crippen molar-refractivity contribution < 1.29 is 23.8 Å². The van der Waals surface area contributed by atoms with Gasteiger partial charge in [-0.1, -0.05) is 6.07 Å². The molecule has 6 nitrogen and oxygen atoms in total. The summed E-state index contributed by atoms with van der Waals surface area (Å²) in [6, 6.07) is 8.28. The number of carboxylic acid groups (broad SMARTS) is 1. The van der Waals surface area contributed by atoms with E-state index in [-0.39, 0.29) is 11.3 Å². The van der Waals surface area contributed by atoms with Crippen LogP contribution in [0.1, 0.15) is 20.9 Å². The first-order chi connectivity index (χ1) is 10.7. The van der Waals surface area contributed by atoms with Gasteiger partial charge in [0.2, 0.25) is 0 Å². The molecule has 2 heterocycles. The Morgan fingerprint density at radius 1 is 1.18 bits per heavy atom. The number of aldehydes is 1. The fourth-order valence-electron chi connectivity index (χ4n) is 2.60. The fourth-order valence-corrected chi connectivity index (χ4v) is 2.60. The molecule has 1 saturated heterocycles. The minimum absolute atomic E-state index is 0.212. The summed E-state index contributed by atoms with van der Waals surface area (Å²) in [5, 5.41) is 9.47. The van der Waals surface area contributed by atoms with Crippen LogP contribution in [0.15, 0.2) is 34.7 Å². The summed E-state index contributed by atoms with van der Waals surface area (Å²) in [5.41, 5.74) is 1.48. The number of hydrogen-bond donors (Lipinski definition) is 1. The molecular weight excluding hydrogens is 286 g/mol. The Bertz CT molecular complexity index is 700. The number of furan rings is 1. The molecule has 0 spiro atoms. The molecule has 0 radical (unpaired) electrons. The van der Waals surface area contributed by atoms with Crippen LogP contribution in [0.5, 0.6) is 0 Å². The van der Waals surface area contributed by atoms with Gasteiger partial charge in [-0.05, 0) is 24.3 Å². The fraction of sp³-hybridized carbons (Fsp3) is 0.250. The van der Waals surface area contributed by atoms with Crippen molar-refractivity contribution in [3.8, 4) is 11.3 Å². The van der Waals surface area contributed by atoms with Crippen LogP contribution in [0, 0.1) is 0 Å². The van der Waals surface area contributed by atoms with Crippen molar-refractivity contribution in [1.82, 2.24) is 0 Å². The van der Waals surface area contributed by atoms with Gasteiger partial charge < -0.3 is 19.2 Å². The van der Waals surface area contributed by atoms with E-state index in [2.05, 4.69) is 0 Å². The lowest BCUT2D eigenvalue weighted by Gasteiger charge is -2.31. The van der Waals surface area contributed by atoms with Crippen molar-refractivity contribution >= 4 is 17.9 Å². The van der Waals surface area contributed by atoms with Gasteiger partial charge in [-0.3, -0.25) is 4.79 Å². The van der Waals surface area contributed by atoms with Crippen molar-refractivity contribution in [3.05, 3.63) is 41.7 Å². The second-order valence-electron chi connectivity index (χ2n) is 4.93. The number of benzene rings is 1. The molecule has 114 valence electrons. The number of anilines is 1. The van der Waals surface area contributed by atoms with Gasteiger partial charge in [0.1, 0.15) is 5.76 Å². The van der Waals surface area contributed by atoms with Crippen LogP contribution < -0.4 is 4.90 Å². The van der Waals surface area contributed by atoms with Crippen molar-refractivity contribution in [2.24, 2.45) is 0 Å². The third-order valence-corrected chi connectivity index (χ3v) is 3.60. The highest BCUT2D eigenvalue weighted by Crippen LogP contribution is 2.35. The molecule has 3 rings (SSSR count). The molecule has 2 aromatic rings. The Labute approximate surface area is 126 Å². The first-order valence-corrected chi connectivity index (χ1v) is 6.95. The summed E-state index contributed by atoms with van der Waals surface area (Å²) < 4.78 is 10.8. The van der Waals surface area contributed by atoms with E-state index in [9.17, 15) is 14.7 Å². The van der Waals surface area contributed by atoms with Gasteiger partial charge in [0, 0.05) is 18.7 Å². The first kappa shape index (κ1) is 14.3. The third kappa shape index (κ3) is 2.60. The molecule has 1 N–H and O–H groups in total. The number of para-hydroxylation sites is 1. The van der Waals surface area contributed by atoms with Crippen molar-refractivity contribution in [2.45, 2.75) is 0 Å². The van der Waals surface area contributed by atoms with Crippen LogP contribution in [-0.4, -0.2) is 43.7 Å². The molecular formula is C16H15NO5. The number of aromatic carboxylic acids is 1. The Balaban J connectivity index is 2.13. The Kier molecular flexibility index (Phi) is 3.93. The maximum atomic E-state index is 11.6. The Morgan fingerprint density at radius 3 is 2.59 bits per heavy atom. The van der Waals surface area contributed by atoms with Crippen molar-refractivity contribution in [1.29, 1.82) is 0 Å². The van der Waals surface area contributed by atoms with Crippen LogP contribution in [0.4, 0.5) is 5.69 Å². The highest BCUT2D eigenvalue weighted by atomic mass is 16.5. The summed E-state index contributed by atoms with van der Waals surface area (Å²) in [6.45, 7) is 2.31. The topological polar surface area (TPSA) is 80.0 Å². The smallest absolute Gasteiger partial charge is 0.337 e. The second-order valence-corrected chi connectivity index (χ2v) is 4.93. The third-order valence-electron chi connectivity index (χ3n) is 3.60. The van der Waals surface area contributed by atoms with Crippen LogP contribution in [0.3, 0.4) is 0 Å². The van der Waals surface area contributed by atoms with Crippen LogP contribution in [0.25, 0.3) is 11.3 Å². The Hall–Kier alpha value is -2.60. The molecule has 1 aromatic carbocycles. The number of rotatable bonds is 4. The maximum Gasteiger partial charge on any atom is 0.337 e. The van der Waals surface area contributed by atoms with E-state index >= 15 is 0 Å². The average Bonchev–Trinajstić information content (AvgIpc) is 3.04. The summed E-state index contributed by atoms with van der Waals surface area (Å²) in [4.78, 5) is 24.3. The predicted molar refractivity (Wildman–Crippen MR) is 79.5 cm³/mol. The van der Waals surface area contributed by atoms with E-state index in [0.29, 0.717) is 49.6 Å². The van der Waals surface area contributed by atoms with Gasteiger partial charge in [-0.15, -0.1) is 0 Å². The number of nitrogens with zero attached hydrogens (tertiary/aromatic N) is 1. The Morgan fingerprint density at radius 2 is 1.95 bits per heavy atom. The minimum Gasteiger partial charge on any atom is -0.478 e. The normalized spacial score (nSPS) is 14.8. The number of carboxylic acids is 1. The lowest BCUT2D eigenvalue weighted by Crippen LogP contribution is -2.37. The van der Waals surface area contributed by atoms with E-state index in [1.165, 1.54) is 0 Å². The quantitative estimate of drug-likeness (QED) is 0.873. The molecule has 1 fully saturated rings. The summed E-state index contributed by atoms with van der Waals surface area (Å²) in [6.07, 6.45) is 0.624. The van der Waals surface area contributed by atoms with E-state index in [1.54, 1.807) is 30.3 Å². The van der Waals surface area contributed by atoms with Gasteiger partial charge >= 0.3 is 5.97 Å². The number of ether oxygens (including phenoxy) is 1. The van der Waals surface area contributed by atoms with E-state index in [0.717, 1.165) is 0 Å². The molecule has 1 aliphatic rings. The molecule has 0 unspecified atom stereocenters. The first-order valence-electron chi connectivity index (χ1n) is 6.95. The van der Waals surface area contributed by atoms with Crippen LogP contribution in [-0.2, 0) is 4.74 Å². The van der Waals surface area contributed by atoms with Crippen molar-refractivity contribution in [3.63, 3.8) is 0 Å². The van der Waals surface area contributed by atoms with Crippen LogP contribution >= 0.6 is 0 Å². The standard InChI is InChI=1S/C16H15NO5/c18-10-11-4-5-14(22-11)12-2-1-3-13(16(19)20)15(12)17-6-8-21-9-7-17/h1-5,10H,6-9H2,(H,19,20). The van der Waals surface area contributed by atoms with Gasteiger partial charge in [0.15, 0.2) is 12.0 Å². The molecule has 0 amide bonds. The number of morpholine rings is 1. The molecule has 22 heavy (non-hydrogen) atoms. The lowest BCUT2D eigenvalue weighted by atomic mass is 10.0. The zero-order chi connectivity index (χ0) is 15.5. The lowest BCUT2D eigenvalue weighted by molar-refractivity contribution is 0.0696. The van der Waals surface area contributed by atoms with Gasteiger partial charge in [0.05, 0.1) is 24.5 Å². The zero-order valence-corrected chi connectivity index (χ0v) is 11.8. The van der Waals surface area contributed by atoms with Gasteiger partial charge in [-0.25, -0.2) is 4.79 Å². The van der Waals surface area contributed by atoms with E-state index in [4.69, 9.17) is 9.15 Å². The van der Waals surface area contributed by atoms with Crippen molar-refractivity contribution in [2.75, 3.05) is 31.2 Å². The SMILES string of the molecule is O=Cc1ccc(-c2cccc(C(=O)O)c2N2CCOCC2)o1. The number of carbonyl (C=O) groups is 2. The summed E-state index contributed by atoms with van der Waals surface area (Å²) >= 11 is 0. The molecule has 1 aliphatic heterocycles. The average molecular weight is 301 g/mol. The second kappa shape index (κ2) is 6.03. The monoisotopic (exact) mass is 301 g/mol. The highest BCUT2D eigenvalue weighted by Gasteiger charge is 2.23.